The third-order valence-corrected chi connectivity index (χ3v) is 1.09. The first-order valence-electron chi connectivity index (χ1n) is 1.32. The van der Waals surface area contributed by atoms with Crippen molar-refractivity contribution in [3.63, 3.8) is 0 Å². The number of halogens is 1. The largest absolute Gasteiger partial charge is 0.212 e. The number of hydrogen-bond acceptors (Lipinski definition) is 3. The summed E-state index contributed by atoms with van der Waals surface area (Å²) in [7, 11) is 0. The van der Waals surface area contributed by atoms with Crippen LogP contribution in [-0.2, 0) is 0 Å². The van der Waals surface area contributed by atoms with E-state index in [2.05, 4.69) is 9.36 Å². The summed E-state index contributed by atoms with van der Waals surface area (Å²) < 4.78 is 4.12. The van der Waals surface area contributed by atoms with Crippen molar-refractivity contribution in [1.29, 1.82) is 0 Å². The van der Waals surface area contributed by atoms with E-state index in [4.69, 9.17) is 11.6 Å². The molecule has 1 rings (SSSR count). The molecule has 6 heavy (non-hydrogen) atoms. The Morgan fingerprint density at radius 2 is 2.67 bits per heavy atom. The molecular weight excluding hydrogens is 120 g/mol. The van der Waals surface area contributed by atoms with E-state index in [1.54, 1.807) is 0 Å². The summed E-state index contributed by atoms with van der Waals surface area (Å²) in [6.07, 6.45) is 1.42. The van der Waals surface area contributed by atoms with Crippen LogP contribution in [0.5, 0.6) is 0 Å². The van der Waals surface area contributed by atoms with Crippen molar-refractivity contribution < 1.29 is 0 Å². The summed E-state index contributed by atoms with van der Waals surface area (Å²) >= 11 is 6.48. The second-order valence-corrected chi connectivity index (χ2v) is 2.06. The number of rotatable bonds is 0. The molecule has 0 amide bonds. The lowest BCUT2D eigenvalue weighted by Crippen LogP contribution is -1.48. The lowest BCUT2D eigenvalue weighted by atomic mass is 11.3. The molecule has 0 unspecified atom stereocenters. The van der Waals surface area contributed by atoms with Crippen LogP contribution in [0.15, 0.2) is 6.33 Å². The molecule has 1 aromatic heterocycles. The molecule has 0 bridgehead atoms. The Hall–Kier alpha value is -0.150. The van der Waals surface area contributed by atoms with Gasteiger partial charge in [0.2, 0.25) is 4.47 Å². The Morgan fingerprint density at radius 1 is 1.83 bits per heavy atom. The first-order valence-corrected chi connectivity index (χ1v) is 2.47. The third kappa shape index (κ3) is 0.666. The average molecular weight is 121 g/mol. The lowest BCUT2D eigenvalue weighted by Gasteiger charge is -1.58. The molecule has 0 N–H and O–H groups in total. The van der Waals surface area contributed by atoms with Crippen LogP contribution in [0.1, 0.15) is 0 Å². The molecule has 0 saturated carbocycles. The lowest BCUT2D eigenvalue weighted by molar-refractivity contribution is 1.33. The molecule has 0 aliphatic rings. The molecule has 0 aromatic carbocycles. The molecule has 4 heteroatoms. The summed E-state index contributed by atoms with van der Waals surface area (Å²) in [6, 6.07) is 0. The Kier molecular flexibility index (Phi) is 1.03. The third-order valence-electron chi connectivity index (χ3n) is 0.334. The van der Waals surface area contributed by atoms with Gasteiger partial charge in [-0.15, -0.1) is 0 Å². The van der Waals surface area contributed by atoms with Crippen molar-refractivity contribution >= 4 is 23.1 Å². The summed E-state index contributed by atoms with van der Waals surface area (Å²) in [6.45, 7) is 0. The highest BCUT2D eigenvalue weighted by Gasteiger charge is 1.81. The van der Waals surface area contributed by atoms with Gasteiger partial charge >= 0.3 is 0 Å². The molecule has 0 spiro atoms. The van der Waals surface area contributed by atoms with Crippen molar-refractivity contribution in [2.24, 2.45) is 0 Å². The monoisotopic (exact) mass is 120 g/mol. The maximum Gasteiger partial charge on any atom is 0.203 e. The van der Waals surface area contributed by atoms with Crippen LogP contribution < -0.4 is 0 Å². The van der Waals surface area contributed by atoms with Gasteiger partial charge in [0.1, 0.15) is 6.33 Å². The minimum absolute atomic E-state index is 0.495. The van der Waals surface area contributed by atoms with E-state index in [0.717, 1.165) is 0 Å². The van der Waals surface area contributed by atoms with E-state index in [1.807, 2.05) is 0 Å². The van der Waals surface area contributed by atoms with E-state index in [0.29, 0.717) is 4.47 Å². The Bertz CT molecular complexity index is 115. The second-order valence-electron chi connectivity index (χ2n) is 0.694. The van der Waals surface area contributed by atoms with Crippen LogP contribution in [0.2, 0.25) is 4.47 Å². The zero-order chi connectivity index (χ0) is 4.41. The summed E-state index contributed by atoms with van der Waals surface area (Å²) in [5, 5.41) is 0. The fourth-order valence-corrected chi connectivity index (χ4v) is 0.598. The fourth-order valence-electron chi connectivity index (χ4n) is 0.160. The molecule has 0 saturated heterocycles. The second kappa shape index (κ2) is 1.53. The van der Waals surface area contributed by atoms with Crippen LogP contribution in [0.25, 0.3) is 0 Å². The van der Waals surface area contributed by atoms with Crippen LogP contribution in [-0.4, -0.2) is 9.36 Å². The summed E-state index contributed by atoms with van der Waals surface area (Å²) in [5.74, 6) is 0. The van der Waals surface area contributed by atoms with Gasteiger partial charge in [0, 0.05) is 0 Å². The molecule has 0 aliphatic carbocycles. The summed E-state index contributed by atoms with van der Waals surface area (Å²) in [4.78, 5) is 3.59. The van der Waals surface area contributed by atoms with E-state index >= 15 is 0 Å². The van der Waals surface area contributed by atoms with Gasteiger partial charge in [0.05, 0.1) is 0 Å². The van der Waals surface area contributed by atoms with E-state index in [1.165, 1.54) is 17.9 Å². The first kappa shape index (κ1) is 4.02. The summed E-state index contributed by atoms with van der Waals surface area (Å²) in [5.41, 5.74) is 0. The highest BCUT2D eigenvalue weighted by molar-refractivity contribution is 7.10. The predicted octanol–water partition coefficient (Wildman–Crippen LogP) is 1.19. The minimum Gasteiger partial charge on any atom is -0.212 e. The molecule has 1 aromatic rings. The van der Waals surface area contributed by atoms with Crippen molar-refractivity contribution in [1.82, 2.24) is 9.36 Å². The molecule has 0 aliphatic heterocycles. The van der Waals surface area contributed by atoms with Gasteiger partial charge < -0.3 is 0 Å². The highest BCUT2D eigenvalue weighted by Crippen LogP contribution is 2.04. The van der Waals surface area contributed by atoms with Gasteiger partial charge in [-0.1, -0.05) is 0 Å². The van der Waals surface area contributed by atoms with E-state index in [9.17, 15) is 0 Å². The van der Waals surface area contributed by atoms with Gasteiger partial charge in [-0.25, -0.2) is 4.98 Å². The molecule has 0 radical (unpaired) electrons. The van der Waals surface area contributed by atoms with Gasteiger partial charge in [-0.3, -0.25) is 0 Å². The first-order chi connectivity index (χ1) is 2.89. The van der Waals surface area contributed by atoms with Crippen LogP contribution in [0.3, 0.4) is 0 Å². The van der Waals surface area contributed by atoms with Gasteiger partial charge in [0.15, 0.2) is 0 Å². The van der Waals surface area contributed by atoms with E-state index < -0.39 is 0 Å². The normalized spacial score (nSPS) is 8.83. The topological polar surface area (TPSA) is 25.8 Å². The molecule has 0 fully saturated rings. The van der Waals surface area contributed by atoms with Crippen molar-refractivity contribution in [2.45, 2.75) is 0 Å². The Labute approximate surface area is 44.0 Å². The van der Waals surface area contributed by atoms with E-state index in [-0.39, 0.29) is 0 Å². The Morgan fingerprint density at radius 3 is 2.83 bits per heavy atom. The van der Waals surface area contributed by atoms with Crippen LogP contribution >= 0.6 is 23.1 Å². The minimum atomic E-state index is 0.495. The van der Waals surface area contributed by atoms with Crippen LogP contribution in [0, 0.1) is 0 Å². The molecule has 0 atom stereocenters. The smallest absolute Gasteiger partial charge is 0.203 e. The average Bonchev–Trinajstić information content (AvgIpc) is 1.86. The predicted molar refractivity (Wildman–Crippen MR) is 24.9 cm³/mol. The van der Waals surface area contributed by atoms with Crippen molar-refractivity contribution in [3.05, 3.63) is 10.8 Å². The van der Waals surface area contributed by atoms with Crippen LogP contribution in [0.4, 0.5) is 0 Å². The molecule has 32 valence electrons. The van der Waals surface area contributed by atoms with Gasteiger partial charge in [-0.05, 0) is 23.1 Å². The Balaban J connectivity index is 3.05. The number of aromatic nitrogens is 2. The zero-order valence-electron chi connectivity index (χ0n) is 2.76. The molecule has 2 nitrogen and oxygen atoms in total. The van der Waals surface area contributed by atoms with Gasteiger partial charge in [-0.2, -0.15) is 4.37 Å². The quantitative estimate of drug-likeness (QED) is 0.514. The standard InChI is InChI=1S/C2HClN2S/c3-2-4-1-5-6-2/h1H. The molecular formula is C2HClN2S. The number of hydrogen-bond donors (Lipinski definition) is 0. The van der Waals surface area contributed by atoms with Crippen molar-refractivity contribution in [3.8, 4) is 0 Å². The SMILES string of the molecule is Clc1ncns1. The van der Waals surface area contributed by atoms with Crippen molar-refractivity contribution in [2.75, 3.05) is 0 Å². The highest BCUT2D eigenvalue weighted by atomic mass is 35.5. The maximum absolute atomic E-state index is 5.30. The number of nitrogens with zero attached hydrogens (tertiary/aromatic N) is 2. The maximum atomic E-state index is 5.30. The molecule has 1 heterocycles. The van der Waals surface area contributed by atoms with Gasteiger partial charge in [0.25, 0.3) is 0 Å². The zero-order valence-corrected chi connectivity index (χ0v) is 4.33. The fraction of sp³-hybridized carbons (Fsp3) is 0.